The molecule has 1 aromatic carbocycles. The van der Waals surface area contributed by atoms with Gasteiger partial charge in [0.15, 0.2) is 0 Å². The van der Waals surface area contributed by atoms with Crippen LogP contribution in [0.15, 0.2) is 18.2 Å². The lowest BCUT2D eigenvalue weighted by molar-refractivity contribution is 0.112. The third-order valence-electron chi connectivity index (χ3n) is 1.53. The van der Waals surface area contributed by atoms with Gasteiger partial charge < -0.3 is 0 Å². The van der Waals surface area contributed by atoms with Crippen LogP contribution in [-0.4, -0.2) is 14.1 Å². The molecule has 54 valence electrons. The summed E-state index contributed by atoms with van der Waals surface area (Å²) < 4.78 is 0. The van der Waals surface area contributed by atoms with Gasteiger partial charge in [-0.2, -0.15) is 0 Å². The molecule has 0 amide bonds. The first kappa shape index (κ1) is 8.06. The van der Waals surface area contributed by atoms with E-state index < -0.39 is 0 Å². The van der Waals surface area contributed by atoms with Crippen LogP contribution < -0.4 is 0 Å². The zero-order chi connectivity index (χ0) is 8.27. The highest BCUT2D eigenvalue weighted by Crippen LogP contribution is 2.07. The van der Waals surface area contributed by atoms with Gasteiger partial charge in [-0.1, -0.05) is 23.5 Å². The van der Waals surface area contributed by atoms with Gasteiger partial charge in [-0.3, -0.25) is 4.79 Å². The maximum Gasteiger partial charge on any atom is 0.150 e. The normalized spacial score (nSPS) is 9.55. The zero-order valence-corrected chi connectivity index (χ0v) is 6.50. The number of aldehydes is 1. The van der Waals surface area contributed by atoms with Gasteiger partial charge in [0.25, 0.3) is 0 Å². The molecular weight excluding hydrogens is 135 g/mol. The molecule has 0 bridgehead atoms. The van der Waals surface area contributed by atoms with E-state index in [4.69, 9.17) is 7.85 Å². The molecule has 1 nitrogen and oxygen atoms in total. The lowest BCUT2D eigenvalue weighted by atomic mass is 9.94. The topological polar surface area (TPSA) is 17.1 Å². The Labute approximate surface area is 67.8 Å². The number of hydrogen-bond acceptors (Lipinski definition) is 1. The Morgan fingerprint density at radius 2 is 2.18 bits per heavy atom. The summed E-state index contributed by atoms with van der Waals surface area (Å²) in [5, 5.41) is 0. The SMILES string of the molecule is [B]Cc1cc(C)cc(C=O)c1. The van der Waals surface area contributed by atoms with Gasteiger partial charge >= 0.3 is 0 Å². The van der Waals surface area contributed by atoms with Gasteiger partial charge in [-0.25, -0.2) is 0 Å². The Kier molecular flexibility index (Phi) is 2.47. The molecule has 0 unspecified atom stereocenters. The second-order valence-electron chi connectivity index (χ2n) is 2.57. The van der Waals surface area contributed by atoms with Gasteiger partial charge in [-0.15, -0.1) is 0 Å². The molecule has 0 spiro atoms. The molecule has 0 aromatic heterocycles. The summed E-state index contributed by atoms with van der Waals surface area (Å²) in [6.07, 6.45) is 1.33. The Bertz CT molecular complexity index is 268. The Morgan fingerprint density at radius 3 is 2.73 bits per heavy atom. The number of carbonyl (C=O) groups excluding carboxylic acids is 1. The van der Waals surface area contributed by atoms with Crippen molar-refractivity contribution in [3.8, 4) is 0 Å². The summed E-state index contributed by atoms with van der Waals surface area (Å²) in [7, 11) is 5.43. The second kappa shape index (κ2) is 3.38. The Balaban J connectivity index is 3.11. The van der Waals surface area contributed by atoms with E-state index in [1.807, 2.05) is 19.1 Å². The van der Waals surface area contributed by atoms with E-state index in [0.29, 0.717) is 11.9 Å². The first-order valence-electron chi connectivity index (χ1n) is 3.52. The van der Waals surface area contributed by atoms with E-state index in [9.17, 15) is 4.79 Å². The van der Waals surface area contributed by atoms with Crippen molar-refractivity contribution in [1.82, 2.24) is 0 Å². The van der Waals surface area contributed by atoms with Gasteiger partial charge in [0.2, 0.25) is 0 Å². The summed E-state index contributed by atoms with van der Waals surface area (Å²) in [4.78, 5) is 10.4. The molecule has 1 aromatic rings. The first-order valence-corrected chi connectivity index (χ1v) is 3.52. The molecule has 0 fully saturated rings. The van der Waals surface area contributed by atoms with Crippen LogP contribution in [-0.2, 0) is 6.32 Å². The predicted molar refractivity (Wildman–Crippen MR) is 46.0 cm³/mol. The Hall–Kier alpha value is -1.05. The van der Waals surface area contributed by atoms with Crippen LogP contribution in [0, 0.1) is 6.92 Å². The largest absolute Gasteiger partial charge is 0.298 e. The van der Waals surface area contributed by atoms with Crippen LogP contribution in [0.2, 0.25) is 0 Å². The quantitative estimate of drug-likeness (QED) is 0.453. The smallest absolute Gasteiger partial charge is 0.150 e. The fourth-order valence-corrected chi connectivity index (χ4v) is 1.08. The average Bonchev–Trinajstić information content (AvgIpc) is 2.03. The molecule has 0 saturated heterocycles. The molecule has 2 heteroatoms. The summed E-state index contributed by atoms with van der Waals surface area (Å²) >= 11 is 0. The van der Waals surface area contributed by atoms with Crippen molar-refractivity contribution >= 4 is 14.1 Å². The molecule has 0 atom stereocenters. The number of rotatable bonds is 2. The third-order valence-corrected chi connectivity index (χ3v) is 1.53. The lowest BCUT2D eigenvalue weighted by Gasteiger charge is -1.99. The lowest BCUT2D eigenvalue weighted by Crippen LogP contribution is -1.89. The monoisotopic (exact) mass is 144 g/mol. The van der Waals surface area contributed by atoms with E-state index in [0.717, 1.165) is 17.4 Å². The Morgan fingerprint density at radius 1 is 1.45 bits per heavy atom. The molecule has 2 radical (unpaired) electrons. The van der Waals surface area contributed by atoms with Gasteiger partial charge in [0, 0.05) is 5.56 Å². The number of benzene rings is 1. The van der Waals surface area contributed by atoms with Crippen molar-refractivity contribution in [2.45, 2.75) is 13.2 Å². The molecule has 0 aliphatic heterocycles. The summed E-state index contributed by atoms with van der Waals surface area (Å²) in [5.74, 6) is 0. The predicted octanol–water partition coefficient (Wildman–Crippen LogP) is 1.48. The van der Waals surface area contributed by atoms with Crippen LogP contribution in [0.4, 0.5) is 0 Å². The van der Waals surface area contributed by atoms with E-state index in [1.165, 1.54) is 0 Å². The zero-order valence-electron chi connectivity index (χ0n) is 6.50. The molecule has 0 N–H and O–H groups in total. The number of hydrogen-bond donors (Lipinski definition) is 0. The van der Waals surface area contributed by atoms with Crippen molar-refractivity contribution in [2.75, 3.05) is 0 Å². The van der Waals surface area contributed by atoms with E-state index >= 15 is 0 Å². The highest BCUT2D eigenvalue weighted by molar-refractivity contribution is 6.08. The van der Waals surface area contributed by atoms with Gasteiger partial charge in [0.1, 0.15) is 6.29 Å². The minimum atomic E-state index is 0.489. The minimum Gasteiger partial charge on any atom is -0.298 e. The summed E-state index contributed by atoms with van der Waals surface area (Å²) in [6.45, 7) is 1.95. The molecule has 0 heterocycles. The highest BCUT2D eigenvalue weighted by atomic mass is 16.1. The van der Waals surface area contributed by atoms with Crippen molar-refractivity contribution in [3.05, 3.63) is 34.9 Å². The van der Waals surface area contributed by atoms with Gasteiger partial charge in [-0.05, 0) is 19.1 Å². The minimum absolute atomic E-state index is 0.489. The van der Waals surface area contributed by atoms with Crippen LogP contribution in [0.1, 0.15) is 21.5 Å². The van der Waals surface area contributed by atoms with Crippen LogP contribution in [0.25, 0.3) is 0 Å². The number of carbonyl (C=O) groups is 1. The maximum atomic E-state index is 10.4. The van der Waals surface area contributed by atoms with Crippen molar-refractivity contribution in [2.24, 2.45) is 0 Å². The fraction of sp³-hybridized carbons (Fsp3) is 0.222. The highest BCUT2D eigenvalue weighted by Gasteiger charge is 1.94. The van der Waals surface area contributed by atoms with Crippen molar-refractivity contribution in [1.29, 1.82) is 0 Å². The second-order valence-corrected chi connectivity index (χ2v) is 2.57. The van der Waals surface area contributed by atoms with E-state index in [-0.39, 0.29) is 0 Å². The van der Waals surface area contributed by atoms with Gasteiger partial charge in [0.05, 0.1) is 7.85 Å². The summed E-state index contributed by atoms with van der Waals surface area (Å²) in [6, 6.07) is 5.62. The average molecular weight is 144 g/mol. The molecule has 1 rings (SSSR count). The molecular formula is C9H9BO. The molecule has 0 saturated carbocycles. The van der Waals surface area contributed by atoms with E-state index in [1.54, 1.807) is 6.07 Å². The summed E-state index contributed by atoms with van der Waals surface area (Å²) in [5.41, 5.74) is 2.78. The molecule has 0 aliphatic rings. The van der Waals surface area contributed by atoms with Crippen molar-refractivity contribution < 1.29 is 4.79 Å². The standard InChI is InChI=1S/C9H9BO/c1-7-2-8(5-10)4-9(3-7)6-11/h2-4,6H,5H2,1H3. The van der Waals surface area contributed by atoms with Crippen LogP contribution in [0.3, 0.4) is 0 Å². The fourth-order valence-electron chi connectivity index (χ4n) is 1.08. The maximum absolute atomic E-state index is 10.4. The molecule has 0 aliphatic carbocycles. The van der Waals surface area contributed by atoms with Crippen LogP contribution in [0.5, 0.6) is 0 Å². The number of aryl methyl sites for hydroxylation is 1. The van der Waals surface area contributed by atoms with Crippen LogP contribution >= 0.6 is 0 Å². The first-order chi connectivity index (χ1) is 5.26. The third kappa shape index (κ3) is 1.94. The van der Waals surface area contributed by atoms with E-state index in [2.05, 4.69) is 0 Å². The molecule has 11 heavy (non-hydrogen) atoms. The van der Waals surface area contributed by atoms with Crippen molar-refractivity contribution in [3.63, 3.8) is 0 Å².